The van der Waals surface area contributed by atoms with Crippen LogP contribution in [0.5, 0.6) is 0 Å². The van der Waals surface area contributed by atoms with E-state index in [9.17, 15) is 9.59 Å². The Labute approximate surface area is 99.4 Å². The Kier molecular flexibility index (Phi) is 4.46. The lowest BCUT2D eigenvalue weighted by molar-refractivity contribution is -0.142. The molecule has 1 rings (SSSR count). The SMILES string of the molecule is CC(C)(NC(=O)NCC1CCCS1)C(=O)O. The van der Waals surface area contributed by atoms with Crippen LogP contribution in [-0.2, 0) is 4.79 Å². The fraction of sp³-hybridized carbons (Fsp3) is 0.800. The first-order valence-corrected chi connectivity index (χ1v) is 6.38. The molecular weight excluding hydrogens is 228 g/mol. The van der Waals surface area contributed by atoms with Gasteiger partial charge in [-0.2, -0.15) is 11.8 Å². The molecule has 0 aromatic heterocycles. The summed E-state index contributed by atoms with van der Waals surface area (Å²) in [4.78, 5) is 22.2. The molecule has 3 N–H and O–H groups in total. The predicted molar refractivity (Wildman–Crippen MR) is 63.7 cm³/mol. The Morgan fingerprint density at radius 2 is 2.19 bits per heavy atom. The molecule has 2 amide bonds. The van der Waals surface area contributed by atoms with Crippen LogP contribution in [-0.4, -0.2) is 40.2 Å². The van der Waals surface area contributed by atoms with Gasteiger partial charge >= 0.3 is 12.0 Å². The number of carbonyl (C=O) groups excluding carboxylic acids is 1. The van der Waals surface area contributed by atoms with Gasteiger partial charge in [0.2, 0.25) is 0 Å². The molecule has 0 radical (unpaired) electrons. The van der Waals surface area contributed by atoms with Crippen LogP contribution in [0.25, 0.3) is 0 Å². The molecule has 1 aliphatic rings. The number of urea groups is 1. The van der Waals surface area contributed by atoms with Gasteiger partial charge in [0, 0.05) is 11.8 Å². The molecule has 16 heavy (non-hydrogen) atoms. The number of hydrogen-bond acceptors (Lipinski definition) is 3. The highest BCUT2D eigenvalue weighted by atomic mass is 32.2. The molecule has 6 heteroatoms. The van der Waals surface area contributed by atoms with E-state index in [1.54, 1.807) is 0 Å². The third kappa shape index (κ3) is 3.92. The summed E-state index contributed by atoms with van der Waals surface area (Å²) in [7, 11) is 0. The van der Waals surface area contributed by atoms with E-state index in [1.165, 1.54) is 20.3 Å². The lowest BCUT2D eigenvalue weighted by Gasteiger charge is -2.21. The summed E-state index contributed by atoms with van der Waals surface area (Å²) < 4.78 is 0. The lowest BCUT2D eigenvalue weighted by atomic mass is 10.1. The Balaban J connectivity index is 2.27. The summed E-state index contributed by atoms with van der Waals surface area (Å²) >= 11 is 1.85. The average molecular weight is 246 g/mol. The minimum Gasteiger partial charge on any atom is -0.480 e. The number of aliphatic carboxylic acids is 1. The third-order valence-corrected chi connectivity index (χ3v) is 3.87. The lowest BCUT2D eigenvalue weighted by Crippen LogP contribution is -2.53. The largest absolute Gasteiger partial charge is 0.480 e. The Hall–Kier alpha value is -0.910. The number of nitrogens with one attached hydrogen (secondary N) is 2. The third-order valence-electron chi connectivity index (χ3n) is 2.47. The normalized spacial score (nSPS) is 20.5. The van der Waals surface area contributed by atoms with E-state index in [4.69, 9.17) is 5.11 Å². The van der Waals surface area contributed by atoms with Gasteiger partial charge in [0.15, 0.2) is 0 Å². The molecule has 1 fully saturated rings. The van der Waals surface area contributed by atoms with Crippen molar-refractivity contribution in [1.29, 1.82) is 0 Å². The van der Waals surface area contributed by atoms with Crippen LogP contribution in [0.3, 0.4) is 0 Å². The maximum Gasteiger partial charge on any atom is 0.328 e. The maximum absolute atomic E-state index is 11.4. The van der Waals surface area contributed by atoms with Crippen molar-refractivity contribution >= 4 is 23.8 Å². The van der Waals surface area contributed by atoms with Crippen molar-refractivity contribution in [2.75, 3.05) is 12.3 Å². The van der Waals surface area contributed by atoms with Gasteiger partial charge in [-0.15, -0.1) is 0 Å². The van der Waals surface area contributed by atoms with E-state index in [0.29, 0.717) is 11.8 Å². The second kappa shape index (κ2) is 5.43. The van der Waals surface area contributed by atoms with Crippen molar-refractivity contribution in [3.05, 3.63) is 0 Å². The molecule has 5 nitrogen and oxygen atoms in total. The van der Waals surface area contributed by atoms with Crippen molar-refractivity contribution in [3.63, 3.8) is 0 Å². The summed E-state index contributed by atoms with van der Waals surface area (Å²) in [6.07, 6.45) is 2.31. The first kappa shape index (κ1) is 13.2. The van der Waals surface area contributed by atoms with Crippen LogP contribution in [0.15, 0.2) is 0 Å². The van der Waals surface area contributed by atoms with Crippen LogP contribution in [0.4, 0.5) is 4.79 Å². The van der Waals surface area contributed by atoms with Gasteiger partial charge in [-0.05, 0) is 32.4 Å². The Morgan fingerprint density at radius 3 is 2.69 bits per heavy atom. The Bertz CT molecular complexity index is 275. The molecule has 0 aromatic rings. The zero-order chi connectivity index (χ0) is 12.2. The Morgan fingerprint density at radius 1 is 1.50 bits per heavy atom. The van der Waals surface area contributed by atoms with Gasteiger partial charge in [-0.25, -0.2) is 9.59 Å². The van der Waals surface area contributed by atoms with Gasteiger partial charge in [-0.3, -0.25) is 0 Å². The first-order chi connectivity index (χ1) is 7.42. The smallest absolute Gasteiger partial charge is 0.328 e. The summed E-state index contributed by atoms with van der Waals surface area (Å²) in [5.41, 5.74) is -1.23. The molecule has 1 heterocycles. The maximum atomic E-state index is 11.4. The first-order valence-electron chi connectivity index (χ1n) is 5.33. The zero-order valence-corrected chi connectivity index (χ0v) is 10.4. The molecule has 92 valence electrons. The highest BCUT2D eigenvalue weighted by Crippen LogP contribution is 2.25. The molecule has 0 saturated carbocycles. The van der Waals surface area contributed by atoms with Crippen LogP contribution in [0, 0.1) is 0 Å². The number of carboxylic acid groups (broad SMARTS) is 1. The van der Waals surface area contributed by atoms with Crippen LogP contribution in [0.1, 0.15) is 26.7 Å². The van der Waals surface area contributed by atoms with E-state index in [1.807, 2.05) is 11.8 Å². The van der Waals surface area contributed by atoms with Crippen LogP contribution in [0.2, 0.25) is 0 Å². The monoisotopic (exact) mass is 246 g/mol. The van der Waals surface area contributed by atoms with Crippen molar-refractivity contribution in [3.8, 4) is 0 Å². The minimum atomic E-state index is -1.23. The van der Waals surface area contributed by atoms with Crippen LogP contribution >= 0.6 is 11.8 Å². The number of carbonyl (C=O) groups is 2. The quantitative estimate of drug-likeness (QED) is 0.692. The molecule has 0 bridgehead atoms. The minimum absolute atomic E-state index is 0.417. The predicted octanol–water partition coefficient (Wildman–Crippen LogP) is 1.04. The van der Waals surface area contributed by atoms with Crippen molar-refractivity contribution in [1.82, 2.24) is 10.6 Å². The molecular formula is C10H18N2O3S. The summed E-state index contributed by atoms with van der Waals surface area (Å²) in [6.45, 7) is 3.52. The van der Waals surface area contributed by atoms with Crippen LogP contribution < -0.4 is 10.6 Å². The molecule has 0 spiro atoms. The molecule has 1 saturated heterocycles. The van der Waals surface area contributed by atoms with E-state index >= 15 is 0 Å². The number of rotatable bonds is 4. The molecule has 0 aromatic carbocycles. The number of thioether (sulfide) groups is 1. The summed E-state index contributed by atoms with van der Waals surface area (Å²) in [6, 6.07) is -0.417. The van der Waals surface area contributed by atoms with Crippen molar-refractivity contribution in [2.45, 2.75) is 37.5 Å². The highest BCUT2D eigenvalue weighted by molar-refractivity contribution is 8.00. The van der Waals surface area contributed by atoms with Gasteiger partial charge in [0.05, 0.1) is 0 Å². The van der Waals surface area contributed by atoms with Gasteiger partial charge in [0.25, 0.3) is 0 Å². The van der Waals surface area contributed by atoms with Gasteiger partial charge < -0.3 is 15.7 Å². The fourth-order valence-corrected chi connectivity index (χ4v) is 2.59. The van der Waals surface area contributed by atoms with E-state index < -0.39 is 17.5 Å². The van der Waals surface area contributed by atoms with Crippen molar-refractivity contribution < 1.29 is 14.7 Å². The van der Waals surface area contributed by atoms with Gasteiger partial charge in [-0.1, -0.05) is 0 Å². The molecule has 1 unspecified atom stereocenters. The zero-order valence-electron chi connectivity index (χ0n) is 9.58. The second-order valence-corrected chi connectivity index (χ2v) is 5.81. The molecule has 1 atom stereocenters. The highest BCUT2D eigenvalue weighted by Gasteiger charge is 2.29. The number of amides is 2. The average Bonchev–Trinajstić information content (AvgIpc) is 2.66. The van der Waals surface area contributed by atoms with Crippen molar-refractivity contribution in [2.24, 2.45) is 0 Å². The van der Waals surface area contributed by atoms with Gasteiger partial charge in [0.1, 0.15) is 5.54 Å². The van der Waals surface area contributed by atoms with E-state index in [0.717, 1.165) is 12.2 Å². The second-order valence-electron chi connectivity index (χ2n) is 4.40. The standard InChI is InChI=1S/C10H18N2O3S/c1-10(2,8(13)14)12-9(15)11-6-7-4-3-5-16-7/h7H,3-6H2,1-2H3,(H,13,14)(H2,11,12,15). The summed E-state index contributed by atoms with van der Waals surface area (Å²) in [5, 5.41) is 14.4. The molecule has 0 aliphatic carbocycles. The topological polar surface area (TPSA) is 78.4 Å². The summed E-state index contributed by atoms with van der Waals surface area (Å²) in [5.74, 6) is 0.104. The number of hydrogen-bond donors (Lipinski definition) is 3. The van der Waals surface area contributed by atoms with E-state index in [2.05, 4.69) is 10.6 Å². The molecule has 1 aliphatic heterocycles. The fourth-order valence-electron chi connectivity index (χ4n) is 1.39. The van der Waals surface area contributed by atoms with E-state index in [-0.39, 0.29) is 0 Å². The number of carboxylic acids is 1.